The first-order chi connectivity index (χ1) is 4.86. The molecule has 0 unspecified atom stereocenters. The first kappa shape index (κ1) is 7.35. The van der Waals surface area contributed by atoms with E-state index in [4.69, 9.17) is 5.11 Å². The third-order valence-corrected chi connectivity index (χ3v) is 1.48. The molecular formula is C8H13NO. The summed E-state index contributed by atoms with van der Waals surface area (Å²) in [7, 11) is 0. The standard InChI is InChI=1S/C8H13NO/c1-2-4-9-5-3-8(6-9)7-10/h3,5-6,10H,2,4,7H2,1H3. The Balaban J connectivity index is 2.59. The zero-order valence-electron chi connectivity index (χ0n) is 6.25. The molecule has 0 aliphatic heterocycles. The molecule has 1 N–H and O–H groups in total. The largest absolute Gasteiger partial charge is 0.392 e. The quantitative estimate of drug-likeness (QED) is 0.672. The van der Waals surface area contributed by atoms with Crippen LogP contribution in [0.25, 0.3) is 0 Å². The molecule has 0 fully saturated rings. The molecule has 2 heteroatoms. The van der Waals surface area contributed by atoms with E-state index in [0.29, 0.717) is 0 Å². The van der Waals surface area contributed by atoms with E-state index in [9.17, 15) is 0 Å². The Labute approximate surface area is 61.1 Å². The summed E-state index contributed by atoms with van der Waals surface area (Å²) >= 11 is 0. The van der Waals surface area contributed by atoms with Crippen LogP contribution in [0.5, 0.6) is 0 Å². The number of hydrogen-bond donors (Lipinski definition) is 1. The van der Waals surface area contributed by atoms with E-state index < -0.39 is 0 Å². The average molecular weight is 139 g/mol. The van der Waals surface area contributed by atoms with Crippen molar-refractivity contribution < 1.29 is 5.11 Å². The normalized spacial score (nSPS) is 10.2. The predicted molar refractivity (Wildman–Crippen MR) is 40.6 cm³/mol. The van der Waals surface area contributed by atoms with Crippen molar-refractivity contribution in [1.29, 1.82) is 0 Å². The molecule has 1 rings (SSSR count). The Bertz CT molecular complexity index is 193. The van der Waals surface area contributed by atoms with Crippen molar-refractivity contribution in [2.24, 2.45) is 0 Å². The van der Waals surface area contributed by atoms with Gasteiger partial charge < -0.3 is 9.67 Å². The minimum atomic E-state index is 0.150. The van der Waals surface area contributed by atoms with Gasteiger partial charge in [0.1, 0.15) is 0 Å². The van der Waals surface area contributed by atoms with Crippen LogP contribution in [-0.2, 0) is 13.2 Å². The maximum Gasteiger partial charge on any atom is 0.0696 e. The van der Waals surface area contributed by atoms with Crippen LogP contribution in [-0.4, -0.2) is 9.67 Å². The monoisotopic (exact) mass is 139 g/mol. The van der Waals surface area contributed by atoms with Crippen molar-refractivity contribution in [3.05, 3.63) is 24.0 Å². The van der Waals surface area contributed by atoms with Crippen LogP contribution < -0.4 is 0 Å². The molecule has 56 valence electrons. The van der Waals surface area contributed by atoms with Crippen molar-refractivity contribution >= 4 is 0 Å². The van der Waals surface area contributed by atoms with E-state index in [1.54, 1.807) is 0 Å². The van der Waals surface area contributed by atoms with Crippen LogP contribution in [0, 0.1) is 0 Å². The summed E-state index contributed by atoms with van der Waals surface area (Å²) in [6.45, 7) is 3.33. The molecule has 1 heterocycles. The highest BCUT2D eigenvalue weighted by molar-refractivity contribution is 5.08. The lowest BCUT2D eigenvalue weighted by Crippen LogP contribution is -1.91. The molecule has 1 aromatic rings. The number of aliphatic hydroxyl groups excluding tert-OH is 1. The SMILES string of the molecule is CCCn1ccc(CO)c1. The summed E-state index contributed by atoms with van der Waals surface area (Å²) in [4.78, 5) is 0. The van der Waals surface area contributed by atoms with E-state index in [1.807, 2.05) is 18.5 Å². The first-order valence-corrected chi connectivity index (χ1v) is 3.62. The van der Waals surface area contributed by atoms with Crippen LogP contribution in [0.4, 0.5) is 0 Å². The highest BCUT2D eigenvalue weighted by Gasteiger charge is 1.91. The fourth-order valence-corrected chi connectivity index (χ4v) is 0.981. The molecular weight excluding hydrogens is 126 g/mol. The third-order valence-electron chi connectivity index (χ3n) is 1.48. The Morgan fingerprint density at radius 3 is 2.90 bits per heavy atom. The second-order valence-corrected chi connectivity index (χ2v) is 2.42. The summed E-state index contributed by atoms with van der Waals surface area (Å²) in [5.74, 6) is 0. The van der Waals surface area contributed by atoms with E-state index in [0.717, 1.165) is 18.5 Å². The van der Waals surface area contributed by atoms with E-state index in [-0.39, 0.29) is 6.61 Å². The van der Waals surface area contributed by atoms with Gasteiger partial charge in [-0.05, 0) is 18.1 Å². The summed E-state index contributed by atoms with van der Waals surface area (Å²) in [5, 5.41) is 8.71. The second kappa shape index (κ2) is 3.42. The Morgan fingerprint density at radius 2 is 2.40 bits per heavy atom. The summed E-state index contributed by atoms with van der Waals surface area (Å²) in [6.07, 6.45) is 5.11. The fraction of sp³-hybridized carbons (Fsp3) is 0.500. The van der Waals surface area contributed by atoms with Crippen LogP contribution >= 0.6 is 0 Å². The van der Waals surface area contributed by atoms with Gasteiger partial charge in [-0.25, -0.2) is 0 Å². The molecule has 0 atom stereocenters. The molecule has 0 spiro atoms. The number of hydrogen-bond acceptors (Lipinski definition) is 1. The van der Waals surface area contributed by atoms with Crippen molar-refractivity contribution in [3.8, 4) is 0 Å². The van der Waals surface area contributed by atoms with Gasteiger partial charge in [0.05, 0.1) is 6.61 Å². The van der Waals surface area contributed by atoms with Gasteiger partial charge in [-0.15, -0.1) is 0 Å². The molecule has 0 aliphatic carbocycles. The molecule has 0 aromatic carbocycles. The first-order valence-electron chi connectivity index (χ1n) is 3.62. The van der Waals surface area contributed by atoms with Crippen molar-refractivity contribution in [1.82, 2.24) is 4.57 Å². The van der Waals surface area contributed by atoms with E-state index >= 15 is 0 Å². The van der Waals surface area contributed by atoms with Gasteiger partial charge in [0.25, 0.3) is 0 Å². The molecule has 10 heavy (non-hydrogen) atoms. The molecule has 0 amide bonds. The van der Waals surface area contributed by atoms with Gasteiger partial charge in [0.2, 0.25) is 0 Å². The van der Waals surface area contributed by atoms with Gasteiger partial charge >= 0.3 is 0 Å². The van der Waals surface area contributed by atoms with Gasteiger partial charge in [-0.2, -0.15) is 0 Å². The lowest BCUT2D eigenvalue weighted by Gasteiger charge is -1.96. The Kier molecular flexibility index (Phi) is 2.51. The predicted octanol–water partition coefficient (Wildman–Crippen LogP) is 1.39. The van der Waals surface area contributed by atoms with Gasteiger partial charge in [0, 0.05) is 18.9 Å². The van der Waals surface area contributed by atoms with Crippen molar-refractivity contribution in [2.75, 3.05) is 0 Å². The summed E-state index contributed by atoms with van der Waals surface area (Å²) < 4.78 is 2.09. The maximum atomic E-state index is 8.71. The molecule has 0 saturated heterocycles. The molecule has 2 nitrogen and oxygen atoms in total. The molecule has 0 saturated carbocycles. The average Bonchev–Trinajstić information content (AvgIpc) is 2.37. The summed E-state index contributed by atoms with van der Waals surface area (Å²) in [5.41, 5.74) is 0.994. The zero-order chi connectivity index (χ0) is 7.40. The van der Waals surface area contributed by atoms with Gasteiger partial charge in [-0.3, -0.25) is 0 Å². The van der Waals surface area contributed by atoms with Gasteiger partial charge in [0.15, 0.2) is 0 Å². The van der Waals surface area contributed by atoms with Crippen LogP contribution in [0.1, 0.15) is 18.9 Å². The lowest BCUT2D eigenvalue weighted by molar-refractivity contribution is 0.281. The minimum absolute atomic E-state index is 0.150. The smallest absolute Gasteiger partial charge is 0.0696 e. The number of aryl methyl sites for hydroxylation is 1. The number of rotatable bonds is 3. The van der Waals surface area contributed by atoms with Crippen LogP contribution in [0.15, 0.2) is 18.5 Å². The molecule has 0 bridgehead atoms. The van der Waals surface area contributed by atoms with Crippen molar-refractivity contribution in [3.63, 3.8) is 0 Å². The highest BCUT2D eigenvalue weighted by atomic mass is 16.3. The number of nitrogens with zero attached hydrogens (tertiary/aromatic N) is 1. The van der Waals surface area contributed by atoms with Crippen molar-refractivity contribution in [2.45, 2.75) is 26.5 Å². The third kappa shape index (κ3) is 1.61. The Hall–Kier alpha value is -0.760. The second-order valence-electron chi connectivity index (χ2n) is 2.42. The van der Waals surface area contributed by atoms with Crippen LogP contribution in [0.3, 0.4) is 0 Å². The minimum Gasteiger partial charge on any atom is -0.392 e. The lowest BCUT2D eigenvalue weighted by atomic mass is 10.4. The number of aromatic nitrogens is 1. The number of aliphatic hydroxyl groups is 1. The molecule has 0 aliphatic rings. The van der Waals surface area contributed by atoms with Crippen LogP contribution in [0.2, 0.25) is 0 Å². The topological polar surface area (TPSA) is 25.2 Å². The molecule has 0 radical (unpaired) electrons. The van der Waals surface area contributed by atoms with Gasteiger partial charge in [-0.1, -0.05) is 6.92 Å². The molecule has 1 aromatic heterocycles. The Morgan fingerprint density at radius 1 is 1.60 bits per heavy atom. The van der Waals surface area contributed by atoms with E-state index in [2.05, 4.69) is 11.5 Å². The fourth-order valence-electron chi connectivity index (χ4n) is 0.981. The maximum absolute atomic E-state index is 8.71. The summed E-state index contributed by atoms with van der Waals surface area (Å²) in [6, 6.07) is 1.94. The van der Waals surface area contributed by atoms with E-state index in [1.165, 1.54) is 0 Å². The highest BCUT2D eigenvalue weighted by Crippen LogP contribution is 2.00. The zero-order valence-corrected chi connectivity index (χ0v) is 6.25.